The summed E-state index contributed by atoms with van der Waals surface area (Å²) in [5, 5.41) is 1.05. The van der Waals surface area contributed by atoms with Gasteiger partial charge >= 0.3 is 0 Å². The van der Waals surface area contributed by atoms with Gasteiger partial charge in [0.2, 0.25) is 0 Å². The van der Waals surface area contributed by atoms with Crippen LogP contribution in [-0.4, -0.2) is 15.0 Å². The predicted molar refractivity (Wildman–Crippen MR) is 73.5 cm³/mol. The third-order valence-corrected chi connectivity index (χ3v) is 2.93. The van der Waals surface area contributed by atoms with Crippen LogP contribution in [0.2, 0.25) is 0 Å². The quantitative estimate of drug-likeness (QED) is 0.722. The molecular weight excluding hydrogens is 240 g/mol. The van der Waals surface area contributed by atoms with Gasteiger partial charge in [0, 0.05) is 23.7 Å². The van der Waals surface area contributed by atoms with Crippen molar-refractivity contribution in [2.45, 2.75) is 6.54 Å². The summed E-state index contributed by atoms with van der Waals surface area (Å²) in [6.45, 7) is 0.174. The number of aromatic nitrogens is 3. The van der Waals surface area contributed by atoms with Crippen LogP contribution >= 0.6 is 0 Å². The first-order chi connectivity index (χ1) is 9.28. The summed E-state index contributed by atoms with van der Waals surface area (Å²) in [5.74, 6) is 0.452. The SMILES string of the molecule is NCc1cnc(-c2ccc3ccccc3n2)[nH]c1=O. The number of H-pyrrole nitrogens is 1. The van der Waals surface area contributed by atoms with E-state index in [2.05, 4.69) is 15.0 Å². The van der Waals surface area contributed by atoms with E-state index in [1.54, 1.807) is 0 Å². The number of pyridine rings is 1. The highest BCUT2D eigenvalue weighted by molar-refractivity contribution is 5.80. The second-order valence-electron chi connectivity index (χ2n) is 4.18. The Bertz CT molecular complexity index is 795. The highest BCUT2D eigenvalue weighted by atomic mass is 16.1. The molecule has 5 heteroatoms. The lowest BCUT2D eigenvalue weighted by molar-refractivity contribution is 0.975. The molecule has 2 aromatic heterocycles. The van der Waals surface area contributed by atoms with Gasteiger partial charge in [-0.05, 0) is 12.1 Å². The van der Waals surface area contributed by atoms with Crippen molar-refractivity contribution in [3.05, 3.63) is 58.5 Å². The number of hydrogen-bond acceptors (Lipinski definition) is 4. The molecule has 0 bridgehead atoms. The summed E-state index contributed by atoms with van der Waals surface area (Å²) in [4.78, 5) is 23.1. The van der Waals surface area contributed by atoms with Crippen LogP contribution in [-0.2, 0) is 6.54 Å². The number of hydrogen-bond donors (Lipinski definition) is 2. The monoisotopic (exact) mass is 252 g/mol. The van der Waals surface area contributed by atoms with E-state index in [-0.39, 0.29) is 12.1 Å². The van der Waals surface area contributed by atoms with Crippen LogP contribution < -0.4 is 11.3 Å². The Morgan fingerprint density at radius 2 is 2.00 bits per heavy atom. The molecule has 0 saturated carbocycles. The maximum Gasteiger partial charge on any atom is 0.255 e. The normalized spacial score (nSPS) is 10.8. The van der Waals surface area contributed by atoms with Gasteiger partial charge in [0.05, 0.1) is 5.52 Å². The van der Waals surface area contributed by atoms with Crippen molar-refractivity contribution in [1.29, 1.82) is 0 Å². The molecule has 5 nitrogen and oxygen atoms in total. The zero-order valence-corrected chi connectivity index (χ0v) is 10.1. The van der Waals surface area contributed by atoms with Gasteiger partial charge < -0.3 is 10.7 Å². The van der Waals surface area contributed by atoms with E-state index in [4.69, 9.17) is 5.73 Å². The molecule has 0 radical (unpaired) electrons. The average molecular weight is 252 g/mol. The first-order valence-corrected chi connectivity index (χ1v) is 5.92. The second-order valence-corrected chi connectivity index (χ2v) is 4.18. The standard InChI is InChI=1S/C14H12N4O/c15-7-10-8-16-13(18-14(10)19)12-6-5-9-3-1-2-4-11(9)17-12/h1-6,8H,7,15H2,(H,16,18,19). The lowest BCUT2D eigenvalue weighted by Gasteiger charge is -2.03. The molecule has 0 fully saturated rings. The molecule has 0 atom stereocenters. The molecule has 0 aliphatic rings. The molecule has 3 N–H and O–H groups in total. The molecule has 19 heavy (non-hydrogen) atoms. The number of nitrogens with one attached hydrogen (secondary N) is 1. The van der Waals surface area contributed by atoms with Gasteiger partial charge in [-0.15, -0.1) is 0 Å². The zero-order valence-electron chi connectivity index (χ0n) is 10.1. The molecule has 0 unspecified atom stereocenters. The molecule has 2 heterocycles. The van der Waals surface area contributed by atoms with Crippen LogP contribution in [0.5, 0.6) is 0 Å². The third kappa shape index (κ3) is 2.11. The minimum atomic E-state index is -0.220. The summed E-state index contributed by atoms with van der Waals surface area (Å²) in [6, 6.07) is 11.6. The molecule has 0 spiro atoms. The lowest BCUT2D eigenvalue weighted by Crippen LogP contribution is -2.17. The van der Waals surface area contributed by atoms with Crippen molar-refractivity contribution in [2.24, 2.45) is 5.73 Å². The number of para-hydroxylation sites is 1. The van der Waals surface area contributed by atoms with Crippen LogP contribution in [0, 0.1) is 0 Å². The van der Waals surface area contributed by atoms with Gasteiger partial charge in [0.15, 0.2) is 5.82 Å². The molecule has 0 aliphatic heterocycles. The largest absolute Gasteiger partial charge is 0.326 e. The van der Waals surface area contributed by atoms with Gasteiger partial charge in [0.25, 0.3) is 5.56 Å². The Labute approximate surface area is 109 Å². The summed E-state index contributed by atoms with van der Waals surface area (Å²) in [6.07, 6.45) is 1.49. The van der Waals surface area contributed by atoms with Crippen molar-refractivity contribution in [2.75, 3.05) is 0 Å². The number of aromatic amines is 1. The summed E-state index contributed by atoms with van der Waals surface area (Å²) >= 11 is 0. The minimum absolute atomic E-state index is 0.174. The number of nitrogens with two attached hydrogens (primary N) is 1. The van der Waals surface area contributed by atoms with E-state index < -0.39 is 0 Å². The average Bonchev–Trinajstić information content (AvgIpc) is 2.46. The topological polar surface area (TPSA) is 84.7 Å². The second kappa shape index (κ2) is 4.62. The van der Waals surface area contributed by atoms with Crippen molar-refractivity contribution < 1.29 is 0 Å². The zero-order chi connectivity index (χ0) is 13.2. The van der Waals surface area contributed by atoms with Crippen molar-refractivity contribution in [3.8, 4) is 11.5 Å². The Kier molecular flexibility index (Phi) is 2.81. The van der Waals surface area contributed by atoms with E-state index in [0.29, 0.717) is 17.1 Å². The van der Waals surface area contributed by atoms with Crippen LogP contribution in [0.15, 0.2) is 47.4 Å². The van der Waals surface area contributed by atoms with Gasteiger partial charge in [-0.2, -0.15) is 0 Å². The fraction of sp³-hybridized carbons (Fsp3) is 0.0714. The molecule has 0 saturated heterocycles. The van der Waals surface area contributed by atoms with Crippen LogP contribution in [0.25, 0.3) is 22.4 Å². The fourth-order valence-electron chi connectivity index (χ4n) is 1.89. The van der Waals surface area contributed by atoms with Gasteiger partial charge in [-0.25, -0.2) is 9.97 Å². The maximum atomic E-state index is 11.7. The molecule has 94 valence electrons. The molecule has 3 rings (SSSR count). The van der Waals surface area contributed by atoms with Gasteiger partial charge in [-0.3, -0.25) is 4.79 Å². The summed E-state index contributed by atoms with van der Waals surface area (Å²) in [5.41, 5.74) is 7.19. The van der Waals surface area contributed by atoms with Crippen molar-refractivity contribution in [3.63, 3.8) is 0 Å². The number of nitrogens with zero attached hydrogens (tertiary/aromatic N) is 2. The maximum absolute atomic E-state index is 11.7. The molecular formula is C14H12N4O. The first kappa shape index (κ1) is 11.6. The highest BCUT2D eigenvalue weighted by Gasteiger charge is 2.05. The van der Waals surface area contributed by atoms with Crippen molar-refractivity contribution in [1.82, 2.24) is 15.0 Å². The Balaban J connectivity index is 2.13. The first-order valence-electron chi connectivity index (χ1n) is 5.92. The van der Waals surface area contributed by atoms with E-state index >= 15 is 0 Å². The van der Waals surface area contributed by atoms with E-state index in [0.717, 1.165) is 10.9 Å². The van der Waals surface area contributed by atoms with Crippen LogP contribution in [0.1, 0.15) is 5.56 Å². The molecule has 1 aromatic carbocycles. The minimum Gasteiger partial charge on any atom is -0.326 e. The van der Waals surface area contributed by atoms with Gasteiger partial charge in [0.1, 0.15) is 5.69 Å². The molecule has 0 aliphatic carbocycles. The van der Waals surface area contributed by atoms with Crippen LogP contribution in [0.3, 0.4) is 0 Å². The molecule has 3 aromatic rings. The third-order valence-electron chi connectivity index (χ3n) is 2.93. The smallest absolute Gasteiger partial charge is 0.255 e. The van der Waals surface area contributed by atoms with Gasteiger partial charge in [-0.1, -0.05) is 24.3 Å². The van der Waals surface area contributed by atoms with E-state index in [9.17, 15) is 4.79 Å². The highest BCUT2D eigenvalue weighted by Crippen LogP contribution is 2.16. The number of rotatable bonds is 2. The molecule has 0 amide bonds. The predicted octanol–water partition coefficient (Wildman–Crippen LogP) is 1.44. The summed E-state index contributed by atoms with van der Waals surface area (Å²) < 4.78 is 0. The van der Waals surface area contributed by atoms with Crippen molar-refractivity contribution >= 4 is 10.9 Å². The number of fused-ring (bicyclic) bond motifs is 1. The van der Waals surface area contributed by atoms with E-state index in [1.807, 2.05) is 36.4 Å². The summed E-state index contributed by atoms with van der Waals surface area (Å²) in [7, 11) is 0. The fourth-order valence-corrected chi connectivity index (χ4v) is 1.89. The Morgan fingerprint density at radius 3 is 2.79 bits per heavy atom. The Hall–Kier alpha value is -2.53. The lowest BCUT2D eigenvalue weighted by atomic mass is 10.2. The van der Waals surface area contributed by atoms with E-state index in [1.165, 1.54) is 6.20 Å². The number of benzene rings is 1. The van der Waals surface area contributed by atoms with Crippen LogP contribution in [0.4, 0.5) is 0 Å². The Morgan fingerprint density at radius 1 is 1.16 bits per heavy atom.